The van der Waals surface area contributed by atoms with Gasteiger partial charge < -0.3 is 15.0 Å². The number of thioether (sulfide) groups is 1. The number of fused-ring (bicyclic) bond motifs is 9. The first kappa shape index (κ1) is 32.3. The van der Waals surface area contributed by atoms with Gasteiger partial charge in [0, 0.05) is 28.2 Å². The SMILES string of the molecule is O=C(COc1cccc([C@H]2c3sc(=O)[nH]c3SC3C4CC(C5C(=O)N(c6ccc([N+](=O)[O-])cc6)C(=O)C45)C32)c1)Nc1ccccc1C(F)(F)F. The third kappa shape index (κ3) is 5.19. The maximum absolute atomic E-state index is 14.0. The van der Waals surface area contributed by atoms with Crippen LogP contribution in [0.3, 0.4) is 0 Å². The van der Waals surface area contributed by atoms with Gasteiger partial charge in [0.2, 0.25) is 11.8 Å². The predicted molar refractivity (Wildman–Crippen MR) is 176 cm³/mol. The molecule has 2 N–H and O–H groups in total. The molecule has 1 saturated heterocycles. The Hall–Kier alpha value is -4.96. The van der Waals surface area contributed by atoms with E-state index in [2.05, 4.69) is 10.3 Å². The zero-order chi connectivity index (χ0) is 35.1. The molecule has 2 aliphatic carbocycles. The smallest absolute Gasteiger partial charge is 0.418 e. The van der Waals surface area contributed by atoms with Crippen LogP contribution in [-0.2, 0) is 20.6 Å². The summed E-state index contributed by atoms with van der Waals surface area (Å²) in [7, 11) is 0. The highest BCUT2D eigenvalue weighted by molar-refractivity contribution is 8.00. The maximum Gasteiger partial charge on any atom is 0.418 e. The van der Waals surface area contributed by atoms with Gasteiger partial charge in [0.25, 0.3) is 11.6 Å². The third-order valence-corrected chi connectivity index (χ3v) is 12.7. The number of carbonyl (C=O) groups is 3. The number of carbonyl (C=O) groups excluding carboxylic acids is 3. The van der Waals surface area contributed by atoms with E-state index in [9.17, 15) is 42.5 Å². The maximum atomic E-state index is 14.0. The molecular weight excluding hydrogens is 698 g/mol. The molecule has 2 bridgehead atoms. The number of halogens is 3. The van der Waals surface area contributed by atoms with E-state index in [-0.39, 0.29) is 62.7 Å². The van der Waals surface area contributed by atoms with E-state index in [1.165, 1.54) is 48.2 Å². The topological polar surface area (TPSA) is 152 Å². The number of amides is 3. The molecule has 3 amide bonds. The van der Waals surface area contributed by atoms with E-state index in [0.717, 1.165) is 38.8 Å². The Morgan fingerprint density at radius 3 is 2.44 bits per heavy atom. The van der Waals surface area contributed by atoms with Crippen molar-refractivity contribution >= 4 is 57.9 Å². The molecule has 3 fully saturated rings. The molecule has 1 aromatic heterocycles. The molecule has 6 unspecified atom stereocenters. The minimum absolute atomic E-state index is 0.0957. The van der Waals surface area contributed by atoms with Crippen molar-refractivity contribution in [3.8, 4) is 5.75 Å². The average Bonchev–Trinajstić information content (AvgIpc) is 3.82. The molecule has 50 heavy (non-hydrogen) atoms. The van der Waals surface area contributed by atoms with Gasteiger partial charge in [0.05, 0.1) is 38.7 Å². The summed E-state index contributed by atoms with van der Waals surface area (Å²) < 4.78 is 46.0. The van der Waals surface area contributed by atoms with Gasteiger partial charge in [-0.05, 0) is 66.1 Å². The first-order chi connectivity index (χ1) is 23.9. The second kappa shape index (κ2) is 11.8. The molecule has 256 valence electrons. The number of non-ortho nitro benzene ring substituents is 1. The number of hydrogen-bond donors (Lipinski definition) is 2. The fourth-order valence-corrected chi connectivity index (χ4v) is 11.2. The van der Waals surface area contributed by atoms with Crippen LogP contribution < -0.4 is 19.8 Å². The molecule has 2 aliphatic heterocycles. The number of imide groups is 1. The lowest BCUT2D eigenvalue weighted by Gasteiger charge is -2.43. The number of ether oxygens (including phenoxy) is 1. The van der Waals surface area contributed by atoms with E-state index in [4.69, 9.17) is 4.74 Å². The monoisotopic (exact) mass is 722 g/mol. The molecular formula is C34H25F3N4O7S2. The number of rotatable bonds is 7. The first-order valence-electron chi connectivity index (χ1n) is 15.6. The number of thiazole rings is 1. The van der Waals surface area contributed by atoms with Crippen molar-refractivity contribution in [2.75, 3.05) is 16.8 Å². The molecule has 4 aliphatic rings. The largest absolute Gasteiger partial charge is 0.484 e. The van der Waals surface area contributed by atoms with Crippen LogP contribution in [0.4, 0.5) is 30.2 Å². The van der Waals surface area contributed by atoms with Crippen molar-refractivity contribution in [3.05, 3.63) is 109 Å². The van der Waals surface area contributed by atoms with E-state index in [0.29, 0.717) is 17.2 Å². The van der Waals surface area contributed by atoms with Crippen LogP contribution >= 0.6 is 23.1 Å². The normalized spacial score (nSPS) is 26.4. The van der Waals surface area contributed by atoms with Gasteiger partial charge >= 0.3 is 11.0 Å². The van der Waals surface area contributed by atoms with Crippen molar-refractivity contribution in [1.29, 1.82) is 0 Å². The van der Waals surface area contributed by atoms with Crippen molar-refractivity contribution < 1.29 is 37.2 Å². The molecule has 3 heterocycles. The second-order valence-electron chi connectivity index (χ2n) is 12.7. The number of anilines is 2. The van der Waals surface area contributed by atoms with Crippen LogP contribution in [0.5, 0.6) is 5.75 Å². The lowest BCUT2D eigenvalue weighted by Crippen LogP contribution is -2.42. The summed E-state index contributed by atoms with van der Waals surface area (Å²) in [6.07, 6.45) is -4.01. The van der Waals surface area contributed by atoms with E-state index < -0.39 is 41.0 Å². The van der Waals surface area contributed by atoms with Crippen LogP contribution in [-0.4, -0.2) is 39.5 Å². The number of nitrogens with one attached hydrogen (secondary N) is 2. The number of para-hydroxylation sites is 1. The van der Waals surface area contributed by atoms with Gasteiger partial charge in [-0.15, -0.1) is 11.8 Å². The number of nitro groups is 1. The highest BCUT2D eigenvalue weighted by atomic mass is 32.2. The van der Waals surface area contributed by atoms with Crippen LogP contribution in [0.2, 0.25) is 0 Å². The fraction of sp³-hybridized carbons (Fsp3) is 0.294. The number of benzene rings is 3. The van der Waals surface area contributed by atoms with Gasteiger partial charge in [0.1, 0.15) is 5.75 Å². The Kier molecular flexibility index (Phi) is 7.63. The Balaban J connectivity index is 1.06. The standard InChI is InChI=1S/C34H25F3N4O7S2/c35-34(36,37)21-6-1-2-7-22(21)38-23(42)14-48-18-5-3-4-15(12-18)24-25-19-13-20(28(25)49-30-29(24)50-33(45)39-30)27-26(19)31(43)40(32(27)44)16-8-10-17(11-9-16)41(46)47/h1-12,19-20,24-28H,13-14H2,(H,38,42)(H,39,45)/t19?,20?,24-,25?,26?,27?,28?/m1/s1. The fourth-order valence-electron chi connectivity index (χ4n) is 8.34. The molecule has 8 rings (SSSR count). The predicted octanol–water partition coefficient (Wildman–Crippen LogP) is 6.06. The van der Waals surface area contributed by atoms with E-state index >= 15 is 0 Å². The summed E-state index contributed by atoms with van der Waals surface area (Å²) in [5, 5.41) is 14.0. The molecule has 0 spiro atoms. The van der Waals surface area contributed by atoms with Gasteiger partial charge in [-0.1, -0.05) is 35.6 Å². The molecule has 3 aromatic carbocycles. The van der Waals surface area contributed by atoms with Crippen molar-refractivity contribution in [3.63, 3.8) is 0 Å². The Labute approximate surface area is 289 Å². The zero-order valence-electron chi connectivity index (χ0n) is 25.6. The van der Waals surface area contributed by atoms with Crippen LogP contribution in [0.1, 0.15) is 28.3 Å². The summed E-state index contributed by atoms with van der Waals surface area (Å²) in [5.74, 6) is -3.12. The molecule has 16 heteroatoms. The molecule has 0 radical (unpaired) electrons. The zero-order valence-corrected chi connectivity index (χ0v) is 27.2. The van der Waals surface area contributed by atoms with Crippen molar-refractivity contribution in [2.45, 2.75) is 28.8 Å². The number of H-pyrrole nitrogens is 1. The van der Waals surface area contributed by atoms with Crippen LogP contribution in [0.15, 0.2) is 82.6 Å². The number of hydrogen-bond acceptors (Lipinski definition) is 9. The lowest BCUT2D eigenvalue weighted by molar-refractivity contribution is -0.384. The van der Waals surface area contributed by atoms with Crippen LogP contribution in [0.25, 0.3) is 0 Å². The Morgan fingerprint density at radius 1 is 1.00 bits per heavy atom. The molecule has 4 aromatic rings. The third-order valence-electron chi connectivity index (χ3n) is 10.1. The molecule has 11 nitrogen and oxygen atoms in total. The van der Waals surface area contributed by atoms with Gasteiger partial charge in [-0.3, -0.25) is 34.2 Å². The quantitative estimate of drug-likeness (QED) is 0.133. The minimum atomic E-state index is -4.66. The summed E-state index contributed by atoms with van der Waals surface area (Å²) in [5.41, 5.74) is -0.467. The first-order valence-corrected chi connectivity index (χ1v) is 17.3. The molecule has 2 saturated carbocycles. The highest BCUT2D eigenvalue weighted by Crippen LogP contribution is 2.68. The number of nitro benzene ring substituents is 1. The van der Waals surface area contributed by atoms with E-state index in [1.807, 2.05) is 6.07 Å². The number of aromatic amines is 1. The van der Waals surface area contributed by atoms with Crippen LogP contribution in [0, 0.1) is 39.7 Å². The van der Waals surface area contributed by atoms with Gasteiger partial charge in [-0.25, -0.2) is 0 Å². The average molecular weight is 723 g/mol. The Morgan fingerprint density at radius 2 is 1.72 bits per heavy atom. The highest BCUT2D eigenvalue weighted by Gasteiger charge is 2.69. The molecule has 7 atom stereocenters. The van der Waals surface area contributed by atoms with E-state index in [1.54, 1.807) is 18.2 Å². The summed E-state index contributed by atoms with van der Waals surface area (Å²) in [6.45, 7) is -0.561. The summed E-state index contributed by atoms with van der Waals surface area (Å²) in [6, 6.07) is 16.9. The van der Waals surface area contributed by atoms with Crippen molar-refractivity contribution in [2.24, 2.45) is 29.6 Å². The van der Waals surface area contributed by atoms with Gasteiger partial charge in [-0.2, -0.15) is 13.2 Å². The summed E-state index contributed by atoms with van der Waals surface area (Å²) >= 11 is 2.60. The number of aromatic nitrogens is 1. The van der Waals surface area contributed by atoms with Gasteiger partial charge in [0.15, 0.2) is 6.61 Å². The summed E-state index contributed by atoms with van der Waals surface area (Å²) in [4.78, 5) is 68.4. The second-order valence-corrected chi connectivity index (χ2v) is 14.9. The van der Waals surface area contributed by atoms with Crippen molar-refractivity contribution in [1.82, 2.24) is 4.98 Å². The number of alkyl halides is 3. The number of nitrogens with zero attached hydrogens (tertiary/aromatic N) is 2. The Bertz CT molecular complexity index is 2140. The minimum Gasteiger partial charge on any atom is -0.484 e. The lowest BCUT2D eigenvalue weighted by atomic mass is 9.68.